The second kappa shape index (κ2) is 7.59. The van der Waals surface area contributed by atoms with Crippen molar-refractivity contribution in [1.29, 1.82) is 0 Å². The zero-order chi connectivity index (χ0) is 12.6. The molecule has 0 aliphatic carbocycles. The van der Waals surface area contributed by atoms with Crippen LogP contribution < -0.4 is 11.1 Å². The summed E-state index contributed by atoms with van der Waals surface area (Å²) >= 11 is 0. The van der Waals surface area contributed by atoms with E-state index in [1.807, 2.05) is 0 Å². The lowest BCUT2D eigenvalue weighted by atomic mass is 10.4. The number of rotatable bonds is 8. The molecule has 0 radical (unpaired) electrons. The lowest BCUT2D eigenvalue weighted by molar-refractivity contribution is -0.118. The summed E-state index contributed by atoms with van der Waals surface area (Å²) in [6, 6.07) is 0. The molecule has 1 amide bonds. The molecule has 0 rings (SSSR count). The third-order valence-corrected chi connectivity index (χ3v) is 4.21. The number of carbonyl (C=O) groups is 1. The summed E-state index contributed by atoms with van der Waals surface area (Å²) in [4.78, 5) is 11.3. The van der Waals surface area contributed by atoms with Gasteiger partial charge in [0.1, 0.15) is 5.75 Å². The topological polar surface area (TPSA) is 98.5 Å². The molecule has 0 aromatic rings. The van der Waals surface area contributed by atoms with Crippen LogP contribution in [0.1, 0.15) is 13.3 Å². The monoisotopic (exact) mass is 252 g/mol. The molecule has 0 aromatic carbocycles. The standard InChI is InChI=1S/C9H20N2O4S/c1-8(6-10)16(13,14)7-9(12)11-4-3-5-15-2/h8H,3-7,10H2,1-2H3,(H,11,12). The Hall–Kier alpha value is -0.660. The van der Waals surface area contributed by atoms with Crippen LogP contribution in [-0.2, 0) is 19.4 Å². The molecule has 1 unspecified atom stereocenters. The number of nitrogens with two attached hydrogens (primary N) is 1. The van der Waals surface area contributed by atoms with Crippen LogP contribution in [0.3, 0.4) is 0 Å². The third kappa shape index (κ3) is 6.04. The van der Waals surface area contributed by atoms with Crippen LogP contribution in [0.2, 0.25) is 0 Å². The van der Waals surface area contributed by atoms with E-state index in [0.717, 1.165) is 0 Å². The number of carbonyl (C=O) groups excluding carboxylic acids is 1. The molecular weight excluding hydrogens is 232 g/mol. The quantitative estimate of drug-likeness (QED) is 0.534. The second-order valence-corrected chi connectivity index (χ2v) is 5.97. The summed E-state index contributed by atoms with van der Waals surface area (Å²) in [6.07, 6.45) is 0.661. The first-order valence-electron chi connectivity index (χ1n) is 5.11. The highest BCUT2D eigenvalue weighted by molar-refractivity contribution is 7.92. The van der Waals surface area contributed by atoms with Crippen LogP contribution in [0.25, 0.3) is 0 Å². The van der Waals surface area contributed by atoms with Gasteiger partial charge >= 0.3 is 0 Å². The van der Waals surface area contributed by atoms with Crippen LogP contribution in [0.15, 0.2) is 0 Å². The fraction of sp³-hybridized carbons (Fsp3) is 0.889. The first-order valence-corrected chi connectivity index (χ1v) is 6.83. The molecule has 0 saturated carbocycles. The summed E-state index contributed by atoms with van der Waals surface area (Å²) in [5.41, 5.74) is 5.25. The molecule has 0 saturated heterocycles. The van der Waals surface area contributed by atoms with E-state index < -0.39 is 26.7 Å². The van der Waals surface area contributed by atoms with E-state index in [4.69, 9.17) is 10.5 Å². The number of hydrogen-bond acceptors (Lipinski definition) is 5. The Balaban J connectivity index is 3.96. The molecule has 6 nitrogen and oxygen atoms in total. The predicted octanol–water partition coefficient (Wildman–Crippen LogP) is -1.10. The van der Waals surface area contributed by atoms with Gasteiger partial charge in [-0.15, -0.1) is 0 Å². The number of amides is 1. The maximum Gasteiger partial charge on any atom is 0.235 e. The van der Waals surface area contributed by atoms with E-state index in [9.17, 15) is 13.2 Å². The van der Waals surface area contributed by atoms with Crippen LogP contribution in [0.5, 0.6) is 0 Å². The van der Waals surface area contributed by atoms with Gasteiger partial charge in [-0.25, -0.2) is 8.42 Å². The van der Waals surface area contributed by atoms with Crippen molar-refractivity contribution in [3.63, 3.8) is 0 Å². The van der Waals surface area contributed by atoms with Crippen molar-refractivity contribution in [2.45, 2.75) is 18.6 Å². The largest absolute Gasteiger partial charge is 0.385 e. The van der Waals surface area contributed by atoms with E-state index >= 15 is 0 Å². The summed E-state index contributed by atoms with van der Waals surface area (Å²) in [5.74, 6) is -0.991. The van der Waals surface area contributed by atoms with Crippen molar-refractivity contribution < 1.29 is 17.9 Å². The molecule has 0 aliphatic heterocycles. The Labute approximate surface area is 96.4 Å². The highest BCUT2D eigenvalue weighted by Gasteiger charge is 2.22. The average Bonchev–Trinajstić information content (AvgIpc) is 2.22. The second-order valence-electron chi connectivity index (χ2n) is 3.55. The number of methoxy groups -OCH3 is 1. The van der Waals surface area contributed by atoms with Crippen molar-refractivity contribution in [2.24, 2.45) is 5.73 Å². The lowest BCUT2D eigenvalue weighted by Crippen LogP contribution is -2.37. The molecule has 0 bridgehead atoms. The molecule has 0 spiro atoms. The lowest BCUT2D eigenvalue weighted by Gasteiger charge is -2.10. The predicted molar refractivity (Wildman–Crippen MR) is 61.8 cm³/mol. The fourth-order valence-corrected chi connectivity index (χ4v) is 2.01. The summed E-state index contributed by atoms with van der Waals surface area (Å²) in [5, 5.41) is 1.83. The van der Waals surface area contributed by atoms with Crippen molar-refractivity contribution in [2.75, 3.05) is 32.6 Å². The van der Waals surface area contributed by atoms with Gasteiger partial charge in [-0.05, 0) is 13.3 Å². The highest BCUT2D eigenvalue weighted by atomic mass is 32.2. The zero-order valence-corrected chi connectivity index (χ0v) is 10.5. The van der Waals surface area contributed by atoms with Crippen molar-refractivity contribution in [3.8, 4) is 0 Å². The number of ether oxygens (including phenoxy) is 1. The molecule has 0 aromatic heterocycles. The van der Waals surface area contributed by atoms with Crippen LogP contribution >= 0.6 is 0 Å². The SMILES string of the molecule is COCCCNC(=O)CS(=O)(=O)C(C)CN. The van der Waals surface area contributed by atoms with Crippen molar-refractivity contribution in [3.05, 3.63) is 0 Å². The Bertz CT molecular complexity index is 303. The number of sulfone groups is 1. The minimum Gasteiger partial charge on any atom is -0.385 e. The third-order valence-electron chi connectivity index (χ3n) is 2.12. The smallest absolute Gasteiger partial charge is 0.235 e. The average molecular weight is 252 g/mol. The van der Waals surface area contributed by atoms with Crippen LogP contribution in [0.4, 0.5) is 0 Å². The van der Waals surface area contributed by atoms with Crippen LogP contribution in [-0.4, -0.2) is 52.1 Å². The highest BCUT2D eigenvalue weighted by Crippen LogP contribution is 1.99. The van der Waals surface area contributed by atoms with Gasteiger partial charge in [0, 0.05) is 26.8 Å². The molecule has 0 heterocycles. The summed E-state index contributed by atoms with van der Waals surface area (Å²) in [7, 11) is -1.86. The van der Waals surface area contributed by atoms with E-state index in [1.54, 1.807) is 7.11 Å². The molecule has 1 atom stereocenters. The Morgan fingerprint density at radius 3 is 2.62 bits per heavy atom. The van der Waals surface area contributed by atoms with Gasteiger partial charge < -0.3 is 15.8 Å². The van der Waals surface area contributed by atoms with E-state index in [-0.39, 0.29) is 6.54 Å². The maximum atomic E-state index is 11.5. The minimum atomic E-state index is -3.42. The molecule has 16 heavy (non-hydrogen) atoms. The van der Waals surface area contributed by atoms with Gasteiger partial charge in [0.25, 0.3) is 0 Å². The van der Waals surface area contributed by atoms with Crippen LogP contribution in [0, 0.1) is 0 Å². The number of nitrogens with one attached hydrogen (secondary N) is 1. The van der Waals surface area contributed by atoms with E-state index in [1.165, 1.54) is 6.92 Å². The van der Waals surface area contributed by atoms with E-state index in [0.29, 0.717) is 19.6 Å². The van der Waals surface area contributed by atoms with Gasteiger partial charge in [-0.3, -0.25) is 4.79 Å². The maximum absolute atomic E-state index is 11.5. The summed E-state index contributed by atoms with van der Waals surface area (Å²) in [6.45, 7) is 2.47. The normalized spacial score (nSPS) is 13.4. The number of hydrogen-bond donors (Lipinski definition) is 2. The zero-order valence-electron chi connectivity index (χ0n) is 9.73. The van der Waals surface area contributed by atoms with Gasteiger partial charge in [-0.2, -0.15) is 0 Å². The van der Waals surface area contributed by atoms with Crippen molar-refractivity contribution >= 4 is 15.7 Å². The molecular formula is C9H20N2O4S. The fourth-order valence-electron chi connectivity index (χ4n) is 0.967. The molecule has 0 aliphatic rings. The molecule has 96 valence electrons. The van der Waals surface area contributed by atoms with Gasteiger partial charge in [0.15, 0.2) is 9.84 Å². The van der Waals surface area contributed by atoms with Gasteiger partial charge in [-0.1, -0.05) is 0 Å². The molecule has 7 heteroatoms. The Morgan fingerprint density at radius 2 is 2.12 bits per heavy atom. The van der Waals surface area contributed by atoms with Crippen molar-refractivity contribution in [1.82, 2.24) is 5.32 Å². The van der Waals surface area contributed by atoms with Gasteiger partial charge in [0.05, 0.1) is 5.25 Å². The Kier molecular flexibility index (Phi) is 7.27. The Morgan fingerprint density at radius 1 is 1.50 bits per heavy atom. The first kappa shape index (κ1) is 15.3. The first-order chi connectivity index (χ1) is 7.44. The van der Waals surface area contributed by atoms with E-state index in [2.05, 4.69) is 5.32 Å². The molecule has 3 N–H and O–H groups in total. The summed E-state index contributed by atoms with van der Waals surface area (Å²) < 4.78 is 27.8. The minimum absolute atomic E-state index is 0.0271. The van der Waals surface area contributed by atoms with Gasteiger partial charge in [0.2, 0.25) is 5.91 Å². The molecule has 0 fully saturated rings.